The number of esters is 1. The van der Waals surface area contributed by atoms with Crippen molar-refractivity contribution in [1.29, 1.82) is 0 Å². The number of carbonyl (C=O) groups excluding carboxylic acids is 2. The van der Waals surface area contributed by atoms with Gasteiger partial charge in [-0.1, -0.05) is 13.0 Å². The highest BCUT2D eigenvalue weighted by Crippen LogP contribution is 2.19. The van der Waals surface area contributed by atoms with E-state index in [1.807, 2.05) is 6.08 Å². The highest BCUT2D eigenvalue weighted by molar-refractivity contribution is 5.84. The average molecular weight is 295 g/mol. The molecule has 0 saturated carbocycles. The first kappa shape index (κ1) is 17.3. The predicted octanol–water partition coefficient (Wildman–Crippen LogP) is 2.96. The van der Waals surface area contributed by atoms with Gasteiger partial charge in [-0.25, -0.2) is 9.59 Å². The summed E-state index contributed by atoms with van der Waals surface area (Å²) in [5, 5.41) is 2.80. The van der Waals surface area contributed by atoms with Gasteiger partial charge in [0.25, 0.3) is 0 Å². The van der Waals surface area contributed by atoms with E-state index in [0.717, 1.165) is 6.42 Å². The third kappa shape index (κ3) is 6.47. The zero-order chi connectivity index (χ0) is 16.0. The first-order valence-electron chi connectivity index (χ1n) is 7.20. The van der Waals surface area contributed by atoms with Crippen LogP contribution in [0.25, 0.3) is 0 Å². The average Bonchev–Trinajstić information content (AvgIpc) is 2.72. The molecule has 0 radical (unpaired) electrons. The van der Waals surface area contributed by atoms with Gasteiger partial charge in [-0.2, -0.15) is 0 Å². The van der Waals surface area contributed by atoms with E-state index in [0.29, 0.717) is 12.3 Å². The molecule has 3 atom stereocenters. The lowest BCUT2D eigenvalue weighted by molar-refractivity contribution is -0.139. The van der Waals surface area contributed by atoms with Crippen LogP contribution in [0.15, 0.2) is 24.8 Å². The van der Waals surface area contributed by atoms with Crippen molar-refractivity contribution in [1.82, 2.24) is 5.32 Å². The second-order valence-corrected chi connectivity index (χ2v) is 6.38. The van der Waals surface area contributed by atoms with Crippen molar-refractivity contribution in [2.24, 2.45) is 5.92 Å². The minimum Gasteiger partial charge on any atom is -0.453 e. The molecule has 0 aliphatic carbocycles. The summed E-state index contributed by atoms with van der Waals surface area (Å²) in [4.78, 5) is 23.1. The van der Waals surface area contributed by atoms with Gasteiger partial charge in [-0.3, -0.25) is 0 Å². The molecule has 0 spiro atoms. The molecule has 118 valence electrons. The molecule has 0 aromatic heterocycles. The van der Waals surface area contributed by atoms with E-state index in [9.17, 15) is 9.59 Å². The number of ether oxygens (including phenoxy) is 2. The SMILES string of the molecule is C=CCC(C)CC(NC(=O)OC(C)(C)C)[C@H]1C=CC(=O)O1. The second-order valence-electron chi connectivity index (χ2n) is 6.38. The molecule has 0 aromatic rings. The summed E-state index contributed by atoms with van der Waals surface area (Å²) < 4.78 is 10.4. The molecule has 5 heteroatoms. The van der Waals surface area contributed by atoms with E-state index >= 15 is 0 Å². The monoisotopic (exact) mass is 295 g/mol. The molecule has 1 aliphatic rings. The van der Waals surface area contributed by atoms with Crippen molar-refractivity contribution in [3.63, 3.8) is 0 Å². The van der Waals surface area contributed by atoms with Gasteiger partial charge >= 0.3 is 12.1 Å². The molecule has 2 unspecified atom stereocenters. The predicted molar refractivity (Wildman–Crippen MR) is 80.8 cm³/mol. The van der Waals surface area contributed by atoms with Crippen LogP contribution in [0.3, 0.4) is 0 Å². The Bertz CT molecular complexity index is 422. The molecule has 1 rings (SSSR count). The van der Waals surface area contributed by atoms with Crippen molar-refractivity contribution >= 4 is 12.1 Å². The van der Waals surface area contributed by atoms with Crippen LogP contribution in [0.2, 0.25) is 0 Å². The number of amides is 1. The molecule has 1 N–H and O–H groups in total. The van der Waals surface area contributed by atoms with Crippen LogP contribution in [0.4, 0.5) is 4.79 Å². The molecule has 0 bridgehead atoms. The summed E-state index contributed by atoms with van der Waals surface area (Å²) in [6, 6.07) is -0.308. The lowest BCUT2D eigenvalue weighted by atomic mass is 9.95. The van der Waals surface area contributed by atoms with E-state index in [2.05, 4.69) is 18.8 Å². The second kappa shape index (κ2) is 7.29. The fourth-order valence-corrected chi connectivity index (χ4v) is 2.15. The molecule has 0 saturated heterocycles. The van der Waals surface area contributed by atoms with E-state index in [1.165, 1.54) is 6.08 Å². The third-order valence-corrected chi connectivity index (χ3v) is 3.00. The highest BCUT2D eigenvalue weighted by Gasteiger charge is 2.30. The number of alkyl carbamates (subject to hydrolysis) is 1. The van der Waals surface area contributed by atoms with Crippen molar-refractivity contribution in [2.45, 2.75) is 58.3 Å². The smallest absolute Gasteiger partial charge is 0.408 e. The summed E-state index contributed by atoms with van der Waals surface area (Å²) in [5.74, 6) is -0.0671. The minimum atomic E-state index is -0.566. The Hall–Kier alpha value is -1.78. The number of hydrogen-bond donors (Lipinski definition) is 1. The fourth-order valence-electron chi connectivity index (χ4n) is 2.15. The first-order chi connectivity index (χ1) is 9.71. The zero-order valence-corrected chi connectivity index (χ0v) is 13.2. The number of allylic oxidation sites excluding steroid dienone is 1. The van der Waals surface area contributed by atoms with Gasteiger partial charge in [0.2, 0.25) is 0 Å². The molecule has 1 aliphatic heterocycles. The lowest BCUT2D eigenvalue weighted by Gasteiger charge is -2.27. The van der Waals surface area contributed by atoms with Crippen LogP contribution in [-0.4, -0.2) is 29.8 Å². The van der Waals surface area contributed by atoms with Crippen LogP contribution < -0.4 is 5.32 Å². The first-order valence-corrected chi connectivity index (χ1v) is 7.20. The fraction of sp³-hybridized carbons (Fsp3) is 0.625. The van der Waals surface area contributed by atoms with Gasteiger partial charge < -0.3 is 14.8 Å². The van der Waals surface area contributed by atoms with Crippen LogP contribution in [-0.2, 0) is 14.3 Å². The van der Waals surface area contributed by atoms with Gasteiger partial charge in [0.1, 0.15) is 11.7 Å². The Morgan fingerprint density at radius 3 is 2.71 bits per heavy atom. The summed E-state index contributed by atoms with van der Waals surface area (Å²) in [7, 11) is 0. The van der Waals surface area contributed by atoms with Gasteiger partial charge in [0.15, 0.2) is 0 Å². The number of cyclic esters (lactones) is 1. The van der Waals surface area contributed by atoms with E-state index in [4.69, 9.17) is 9.47 Å². The molecular weight excluding hydrogens is 270 g/mol. The third-order valence-electron chi connectivity index (χ3n) is 3.00. The summed E-state index contributed by atoms with van der Waals surface area (Å²) in [6.07, 6.45) is 5.44. The number of nitrogens with one attached hydrogen (secondary N) is 1. The Morgan fingerprint density at radius 1 is 1.57 bits per heavy atom. The minimum absolute atomic E-state index is 0.308. The van der Waals surface area contributed by atoms with Crippen LogP contribution >= 0.6 is 0 Å². The normalized spacial score (nSPS) is 20.6. The molecular formula is C16H25NO4. The molecule has 0 aromatic carbocycles. The number of hydrogen-bond acceptors (Lipinski definition) is 4. The summed E-state index contributed by atoms with van der Waals surface area (Å²) in [6.45, 7) is 11.2. The topological polar surface area (TPSA) is 64.6 Å². The maximum atomic E-state index is 11.9. The largest absolute Gasteiger partial charge is 0.453 e. The molecule has 1 heterocycles. The summed E-state index contributed by atoms with van der Waals surface area (Å²) >= 11 is 0. The Morgan fingerprint density at radius 2 is 2.24 bits per heavy atom. The Balaban J connectivity index is 2.67. The summed E-state index contributed by atoms with van der Waals surface area (Å²) in [5.41, 5.74) is -0.566. The quantitative estimate of drug-likeness (QED) is 0.604. The number of rotatable bonds is 6. The van der Waals surface area contributed by atoms with Gasteiger partial charge in [0, 0.05) is 6.08 Å². The van der Waals surface area contributed by atoms with Crippen molar-refractivity contribution < 1.29 is 19.1 Å². The van der Waals surface area contributed by atoms with Gasteiger partial charge in [0.05, 0.1) is 6.04 Å². The molecule has 1 amide bonds. The molecule has 21 heavy (non-hydrogen) atoms. The van der Waals surface area contributed by atoms with Crippen LogP contribution in [0, 0.1) is 5.92 Å². The zero-order valence-electron chi connectivity index (χ0n) is 13.2. The van der Waals surface area contributed by atoms with Crippen molar-refractivity contribution in [3.8, 4) is 0 Å². The van der Waals surface area contributed by atoms with Crippen molar-refractivity contribution in [3.05, 3.63) is 24.8 Å². The van der Waals surface area contributed by atoms with Gasteiger partial charge in [-0.05, 0) is 45.6 Å². The van der Waals surface area contributed by atoms with E-state index < -0.39 is 17.8 Å². The Labute approximate surface area is 126 Å². The Kier molecular flexibility index (Phi) is 6.00. The van der Waals surface area contributed by atoms with Crippen LogP contribution in [0.5, 0.6) is 0 Å². The lowest BCUT2D eigenvalue weighted by Crippen LogP contribution is -2.46. The molecule has 5 nitrogen and oxygen atoms in total. The maximum Gasteiger partial charge on any atom is 0.408 e. The standard InChI is InChI=1S/C16H25NO4/c1-6-7-11(2)10-12(13-8-9-14(18)20-13)17-15(19)21-16(3,4)5/h6,8-9,11-13H,1,7,10H2,2-5H3,(H,17,19)/t11?,12?,13-/m1/s1. The highest BCUT2D eigenvalue weighted by atomic mass is 16.6. The van der Waals surface area contributed by atoms with E-state index in [1.54, 1.807) is 26.8 Å². The maximum absolute atomic E-state index is 11.9. The van der Waals surface area contributed by atoms with Gasteiger partial charge in [-0.15, -0.1) is 6.58 Å². The van der Waals surface area contributed by atoms with Crippen LogP contribution in [0.1, 0.15) is 40.5 Å². The molecule has 0 fully saturated rings. The van der Waals surface area contributed by atoms with E-state index in [-0.39, 0.29) is 12.0 Å². The van der Waals surface area contributed by atoms with Crippen molar-refractivity contribution in [2.75, 3.05) is 0 Å². The number of carbonyl (C=O) groups is 2.